The van der Waals surface area contributed by atoms with E-state index in [0.717, 1.165) is 10.6 Å². The first-order chi connectivity index (χ1) is 11.1. The highest BCUT2D eigenvalue weighted by Crippen LogP contribution is 2.23. The summed E-state index contributed by atoms with van der Waals surface area (Å²) in [5, 5.41) is 9.30. The number of aliphatic hydroxyl groups is 1. The molecule has 0 fully saturated rings. The summed E-state index contributed by atoms with van der Waals surface area (Å²) in [7, 11) is 1.76. The van der Waals surface area contributed by atoms with Crippen molar-refractivity contribution in [2.24, 2.45) is 0 Å². The van der Waals surface area contributed by atoms with Gasteiger partial charge in [-0.1, -0.05) is 6.07 Å². The van der Waals surface area contributed by atoms with Crippen molar-refractivity contribution in [1.29, 1.82) is 0 Å². The van der Waals surface area contributed by atoms with Gasteiger partial charge in [-0.25, -0.2) is 0 Å². The van der Waals surface area contributed by atoms with Gasteiger partial charge in [0.05, 0.1) is 6.10 Å². The van der Waals surface area contributed by atoms with Crippen LogP contribution in [0.3, 0.4) is 0 Å². The zero-order valence-corrected chi connectivity index (χ0v) is 14.3. The zero-order chi connectivity index (χ0) is 16.7. The lowest BCUT2D eigenvalue weighted by atomic mass is 10.2. The summed E-state index contributed by atoms with van der Waals surface area (Å²) in [4.78, 5) is 19.1. The summed E-state index contributed by atoms with van der Waals surface area (Å²) in [5.41, 5.74) is 1.85. The number of aromatic nitrogens is 1. The Morgan fingerprint density at radius 3 is 2.65 bits per heavy atom. The molecule has 1 heterocycles. The van der Waals surface area contributed by atoms with E-state index in [9.17, 15) is 9.90 Å². The average molecular weight is 330 g/mol. The molecule has 122 valence electrons. The van der Waals surface area contributed by atoms with Crippen LogP contribution >= 0.6 is 11.8 Å². The number of carbonyl (C=O) groups is 1. The highest BCUT2D eigenvalue weighted by molar-refractivity contribution is 7.98. The van der Waals surface area contributed by atoms with E-state index in [2.05, 4.69) is 11.1 Å². The van der Waals surface area contributed by atoms with E-state index >= 15 is 0 Å². The fraction of sp³-hybridized carbons (Fsp3) is 0.333. The Bertz CT molecular complexity index is 615. The van der Waals surface area contributed by atoms with E-state index < -0.39 is 6.10 Å². The number of thioether (sulfide) groups is 1. The molecule has 4 nitrogen and oxygen atoms in total. The number of carbonyl (C=O) groups excluding carboxylic acids is 1. The third-order valence-electron chi connectivity index (χ3n) is 3.46. The molecule has 0 spiro atoms. The SMILES string of the molecule is CC(O)CCN(C)C(=O)c1ccc(SCc2cccnc2)cc1. The molecule has 1 unspecified atom stereocenters. The summed E-state index contributed by atoms with van der Waals surface area (Å²) >= 11 is 1.72. The first-order valence-corrected chi connectivity index (χ1v) is 8.60. The molecule has 0 bridgehead atoms. The number of nitrogens with zero attached hydrogens (tertiary/aromatic N) is 2. The summed E-state index contributed by atoms with van der Waals surface area (Å²) in [5.74, 6) is 0.838. The van der Waals surface area contributed by atoms with E-state index in [1.165, 1.54) is 5.56 Å². The van der Waals surface area contributed by atoms with Crippen molar-refractivity contribution in [3.8, 4) is 0 Å². The maximum Gasteiger partial charge on any atom is 0.253 e. The average Bonchev–Trinajstić information content (AvgIpc) is 2.58. The van der Waals surface area contributed by atoms with Crippen LogP contribution < -0.4 is 0 Å². The Kier molecular flexibility index (Phi) is 6.62. The number of pyridine rings is 1. The van der Waals surface area contributed by atoms with Crippen molar-refractivity contribution < 1.29 is 9.90 Å². The molecule has 23 heavy (non-hydrogen) atoms. The van der Waals surface area contributed by atoms with Crippen LogP contribution in [0.25, 0.3) is 0 Å². The Morgan fingerprint density at radius 1 is 1.30 bits per heavy atom. The fourth-order valence-corrected chi connectivity index (χ4v) is 2.88. The number of hydrogen-bond donors (Lipinski definition) is 1. The second kappa shape index (κ2) is 8.70. The lowest BCUT2D eigenvalue weighted by molar-refractivity contribution is 0.0769. The topological polar surface area (TPSA) is 53.4 Å². The lowest BCUT2D eigenvalue weighted by Crippen LogP contribution is -2.29. The van der Waals surface area contributed by atoms with Gasteiger partial charge in [-0.05, 0) is 49.2 Å². The maximum atomic E-state index is 12.3. The second-order valence-electron chi connectivity index (χ2n) is 5.54. The molecule has 0 saturated carbocycles. The molecule has 0 aliphatic carbocycles. The van der Waals surface area contributed by atoms with Crippen molar-refractivity contribution in [3.05, 3.63) is 59.9 Å². The fourth-order valence-electron chi connectivity index (χ4n) is 2.05. The molecule has 1 amide bonds. The standard InChI is InChI=1S/C18H22N2O2S/c1-14(21)9-11-20(2)18(22)16-5-7-17(8-6-16)23-13-15-4-3-10-19-12-15/h3-8,10,12,14,21H,9,11,13H2,1-2H3. The van der Waals surface area contributed by atoms with Crippen LogP contribution in [-0.2, 0) is 5.75 Å². The van der Waals surface area contributed by atoms with E-state index in [-0.39, 0.29) is 5.91 Å². The minimum absolute atomic E-state index is 0.0190. The smallest absolute Gasteiger partial charge is 0.253 e. The molecule has 1 aromatic heterocycles. The van der Waals surface area contributed by atoms with Gasteiger partial charge >= 0.3 is 0 Å². The Labute approximate surface area is 141 Å². The van der Waals surface area contributed by atoms with Gasteiger partial charge in [0.15, 0.2) is 0 Å². The molecule has 1 aromatic carbocycles. The predicted molar refractivity (Wildman–Crippen MR) is 93.5 cm³/mol. The van der Waals surface area contributed by atoms with Crippen LogP contribution in [0.4, 0.5) is 0 Å². The first-order valence-electron chi connectivity index (χ1n) is 7.61. The summed E-state index contributed by atoms with van der Waals surface area (Å²) in [6, 6.07) is 11.6. The van der Waals surface area contributed by atoms with Crippen LogP contribution in [-0.4, -0.2) is 40.6 Å². The molecule has 0 radical (unpaired) electrons. The van der Waals surface area contributed by atoms with Crippen LogP contribution in [0.2, 0.25) is 0 Å². The van der Waals surface area contributed by atoms with Crippen LogP contribution in [0.5, 0.6) is 0 Å². The van der Waals surface area contributed by atoms with Crippen molar-refractivity contribution in [3.63, 3.8) is 0 Å². The van der Waals surface area contributed by atoms with Crippen molar-refractivity contribution >= 4 is 17.7 Å². The molecule has 0 aliphatic heterocycles. The van der Waals surface area contributed by atoms with Crippen LogP contribution in [0.15, 0.2) is 53.7 Å². The molecule has 2 rings (SSSR count). The Morgan fingerprint density at radius 2 is 2.04 bits per heavy atom. The molecule has 1 N–H and O–H groups in total. The monoisotopic (exact) mass is 330 g/mol. The second-order valence-corrected chi connectivity index (χ2v) is 6.59. The molecule has 0 saturated heterocycles. The summed E-state index contributed by atoms with van der Waals surface area (Å²) in [6.07, 6.45) is 3.82. The van der Waals surface area contributed by atoms with Gasteiger partial charge in [-0.3, -0.25) is 9.78 Å². The molecular formula is C18H22N2O2S. The minimum Gasteiger partial charge on any atom is -0.393 e. The molecule has 2 aromatic rings. The third-order valence-corrected chi connectivity index (χ3v) is 4.54. The van der Waals surface area contributed by atoms with Crippen molar-refractivity contribution in [2.75, 3.05) is 13.6 Å². The van der Waals surface area contributed by atoms with Crippen molar-refractivity contribution in [2.45, 2.75) is 30.1 Å². The zero-order valence-electron chi connectivity index (χ0n) is 13.5. The van der Waals surface area contributed by atoms with Gasteiger partial charge in [-0.2, -0.15) is 0 Å². The number of aliphatic hydroxyl groups excluding tert-OH is 1. The first kappa shape index (κ1) is 17.5. The van der Waals surface area contributed by atoms with Crippen LogP contribution in [0.1, 0.15) is 29.3 Å². The molecular weight excluding hydrogens is 308 g/mol. The van der Waals surface area contributed by atoms with E-state index in [1.54, 1.807) is 36.8 Å². The molecule has 0 aliphatic rings. The van der Waals surface area contributed by atoms with Gasteiger partial charge in [0.25, 0.3) is 5.91 Å². The van der Waals surface area contributed by atoms with E-state index in [0.29, 0.717) is 18.5 Å². The normalized spacial score (nSPS) is 12.0. The van der Waals surface area contributed by atoms with E-state index in [1.807, 2.05) is 36.5 Å². The highest BCUT2D eigenvalue weighted by Gasteiger charge is 2.12. The maximum absolute atomic E-state index is 12.3. The van der Waals surface area contributed by atoms with E-state index in [4.69, 9.17) is 0 Å². The number of benzene rings is 1. The third kappa shape index (κ3) is 5.69. The van der Waals surface area contributed by atoms with Gasteiger partial charge < -0.3 is 10.0 Å². The lowest BCUT2D eigenvalue weighted by Gasteiger charge is -2.18. The van der Waals surface area contributed by atoms with Crippen molar-refractivity contribution in [1.82, 2.24) is 9.88 Å². The van der Waals surface area contributed by atoms with Gasteiger partial charge in [0.2, 0.25) is 0 Å². The number of amides is 1. The summed E-state index contributed by atoms with van der Waals surface area (Å²) < 4.78 is 0. The largest absolute Gasteiger partial charge is 0.393 e. The Hall–Kier alpha value is -1.85. The molecule has 5 heteroatoms. The van der Waals surface area contributed by atoms with Gasteiger partial charge in [-0.15, -0.1) is 11.8 Å². The number of rotatable bonds is 7. The predicted octanol–water partition coefficient (Wildman–Crippen LogP) is 3.22. The number of hydrogen-bond acceptors (Lipinski definition) is 4. The van der Waals surface area contributed by atoms with Gasteiger partial charge in [0.1, 0.15) is 0 Å². The van der Waals surface area contributed by atoms with Gasteiger partial charge in [0, 0.05) is 42.2 Å². The highest BCUT2D eigenvalue weighted by atomic mass is 32.2. The van der Waals surface area contributed by atoms with Crippen LogP contribution in [0, 0.1) is 0 Å². The summed E-state index contributed by atoms with van der Waals surface area (Å²) in [6.45, 7) is 2.28. The quantitative estimate of drug-likeness (QED) is 0.792. The molecule has 1 atom stereocenters. The Balaban J connectivity index is 1.89. The minimum atomic E-state index is -0.392.